The van der Waals surface area contributed by atoms with Crippen molar-refractivity contribution < 1.29 is 0 Å². The van der Waals surface area contributed by atoms with E-state index in [0.717, 1.165) is 12.3 Å². The molecule has 0 nitrogen and oxygen atoms in total. The quantitative estimate of drug-likeness (QED) is 0.360. The second kappa shape index (κ2) is 1.81. The average Bonchev–Trinajstić information content (AvgIpc) is 2.42. The minimum atomic E-state index is 0.745. The molecule has 1 rings (SSSR count). The van der Waals surface area contributed by atoms with Gasteiger partial charge in [-0.05, 0) is 18.4 Å². The summed E-state index contributed by atoms with van der Waals surface area (Å²) in [6, 6.07) is 0. The minimum absolute atomic E-state index is 0.745. The Labute approximate surface area is 43.9 Å². The smallest absolute Gasteiger partial charge is 0.00125 e. The van der Waals surface area contributed by atoms with Crippen LogP contribution < -0.4 is 0 Å². The van der Waals surface area contributed by atoms with Crippen LogP contribution in [0.15, 0.2) is 30.5 Å². The second-order valence-corrected chi connectivity index (χ2v) is 1.69. The molecule has 0 atom stereocenters. The van der Waals surface area contributed by atoms with E-state index in [-0.39, 0.29) is 0 Å². The van der Waals surface area contributed by atoms with E-state index in [1.54, 1.807) is 0 Å². The highest BCUT2D eigenvalue weighted by molar-refractivity contribution is 5.15. The fourth-order valence-corrected chi connectivity index (χ4v) is 0.455. The van der Waals surface area contributed by atoms with Gasteiger partial charge in [-0.25, -0.2) is 0 Å². The number of hydrogen-bond donors (Lipinski definition) is 0. The van der Waals surface area contributed by atoms with Crippen molar-refractivity contribution in [3.8, 4) is 0 Å². The Kier molecular flexibility index (Phi) is 1.14. The van der Waals surface area contributed by atoms with Crippen LogP contribution in [0, 0.1) is 5.92 Å². The molecule has 36 valence electrons. The summed E-state index contributed by atoms with van der Waals surface area (Å²) in [5.74, 6) is 0.745. The summed E-state index contributed by atoms with van der Waals surface area (Å²) < 4.78 is 0. The average molecular weight is 92.1 g/mol. The highest BCUT2D eigenvalue weighted by atomic mass is 14.1. The standard InChI is InChI=1S/C7H8/c1-2-3-4-7-5-6-7/h3,5-7H,1,4H2. The SMILES string of the molecule is C=C=CCC1C=C1. The number of rotatable bonds is 2. The second-order valence-electron chi connectivity index (χ2n) is 1.69. The Hall–Kier alpha value is -0.740. The van der Waals surface area contributed by atoms with Crippen LogP contribution in [0.25, 0.3) is 0 Å². The molecule has 0 radical (unpaired) electrons. The van der Waals surface area contributed by atoms with Crippen LogP contribution >= 0.6 is 0 Å². The monoisotopic (exact) mass is 92.1 g/mol. The van der Waals surface area contributed by atoms with Crippen molar-refractivity contribution in [3.63, 3.8) is 0 Å². The lowest BCUT2D eigenvalue weighted by atomic mass is 10.3. The van der Waals surface area contributed by atoms with Crippen LogP contribution in [0.2, 0.25) is 0 Å². The number of allylic oxidation sites excluding steroid dienone is 3. The molecular weight excluding hydrogens is 84.1 g/mol. The largest absolute Gasteiger partial charge is 0.133 e. The Morgan fingerprint density at radius 2 is 2.43 bits per heavy atom. The van der Waals surface area contributed by atoms with E-state index in [1.165, 1.54) is 0 Å². The maximum absolute atomic E-state index is 3.45. The van der Waals surface area contributed by atoms with E-state index in [1.807, 2.05) is 6.08 Å². The van der Waals surface area contributed by atoms with Gasteiger partial charge in [-0.1, -0.05) is 18.7 Å². The van der Waals surface area contributed by atoms with E-state index < -0.39 is 0 Å². The van der Waals surface area contributed by atoms with Crippen molar-refractivity contribution in [2.45, 2.75) is 6.42 Å². The van der Waals surface area contributed by atoms with Gasteiger partial charge in [-0.15, -0.1) is 5.73 Å². The van der Waals surface area contributed by atoms with Crippen molar-refractivity contribution in [1.29, 1.82) is 0 Å². The summed E-state index contributed by atoms with van der Waals surface area (Å²) in [6.45, 7) is 3.45. The third kappa shape index (κ3) is 1.43. The molecule has 0 spiro atoms. The predicted octanol–water partition coefficient (Wildman–Crippen LogP) is 1.90. The van der Waals surface area contributed by atoms with Crippen LogP contribution in [0.3, 0.4) is 0 Å². The van der Waals surface area contributed by atoms with E-state index in [0.29, 0.717) is 0 Å². The van der Waals surface area contributed by atoms with E-state index in [4.69, 9.17) is 0 Å². The van der Waals surface area contributed by atoms with Crippen molar-refractivity contribution in [2.75, 3.05) is 0 Å². The van der Waals surface area contributed by atoms with Crippen molar-refractivity contribution >= 4 is 0 Å². The molecule has 0 aliphatic heterocycles. The molecule has 7 heavy (non-hydrogen) atoms. The first-order valence-electron chi connectivity index (χ1n) is 2.46. The third-order valence-corrected chi connectivity index (χ3v) is 0.999. The molecule has 0 aromatic rings. The molecule has 1 aliphatic rings. The molecule has 0 saturated heterocycles. The molecular formula is C7H8. The molecule has 0 N–H and O–H groups in total. The van der Waals surface area contributed by atoms with Gasteiger partial charge in [-0.2, -0.15) is 0 Å². The summed E-state index contributed by atoms with van der Waals surface area (Å²) in [7, 11) is 0. The normalized spacial score (nSPS) is 16.0. The van der Waals surface area contributed by atoms with Crippen LogP contribution in [0.4, 0.5) is 0 Å². The van der Waals surface area contributed by atoms with E-state index >= 15 is 0 Å². The summed E-state index contributed by atoms with van der Waals surface area (Å²) in [5, 5.41) is 0. The molecule has 0 amide bonds. The summed E-state index contributed by atoms with van der Waals surface area (Å²) in [6.07, 6.45) is 7.41. The summed E-state index contributed by atoms with van der Waals surface area (Å²) in [5.41, 5.74) is 2.72. The van der Waals surface area contributed by atoms with Crippen LogP contribution in [-0.4, -0.2) is 0 Å². The van der Waals surface area contributed by atoms with Gasteiger partial charge in [-0.3, -0.25) is 0 Å². The van der Waals surface area contributed by atoms with Gasteiger partial charge in [0.05, 0.1) is 0 Å². The Balaban J connectivity index is 2.11. The molecule has 0 fully saturated rings. The zero-order chi connectivity index (χ0) is 5.11. The molecule has 0 heterocycles. The van der Waals surface area contributed by atoms with Gasteiger partial charge < -0.3 is 0 Å². The number of hydrogen-bond acceptors (Lipinski definition) is 0. The lowest BCUT2D eigenvalue weighted by Crippen LogP contribution is -1.67. The van der Waals surface area contributed by atoms with Crippen molar-refractivity contribution in [1.82, 2.24) is 0 Å². The lowest BCUT2D eigenvalue weighted by Gasteiger charge is -1.79. The fourth-order valence-electron chi connectivity index (χ4n) is 0.455. The van der Waals surface area contributed by atoms with Crippen molar-refractivity contribution in [3.05, 3.63) is 30.5 Å². The van der Waals surface area contributed by atoms with Gasteiger partial charge in [0.15, 0.2) is 0 Å². The molecule has 0 aromatic carbocycles. The Morgan fingerprint density at radius 3 is 2.86 bits per heavy atom. The topological polar surface area (TPSA) is 0 Å². The fraction of sp³-hybridized carbons (Fsp3) is 0.286. The highest BCUT2D eigenvalue weighted by Gasteiger charge is 2.06. The molecule has 0 heteroatoms. The molecule has 0 saturated carbocycles. The molecule has 0 aromatic heterocycles. The summed E-state index contributed by atoms with van der Waals surface area (Å²) in [4.78, 5) is 0. The first kappa shape index (κ1) is 4.42. The van der Waals surface area contributed by atoms with Gasteiger partial charge >= 0.3 is 0 Å². The summed E-state index contributed by atoms with van der Waals surface area (Å²) >= 11 is 0. The third-order valence-electron chi connectivity index (χ3n) is 0.999. The van der Waals surface area contributed by atoms with E-state index in [2.05, 4.69) is 24.5 Å². The molecule has 1 aliphatic carbocycles. The van der Waals surface area contributed by atoms with Gasteiger partial charge in [0.1, 0.15) is 0 Å². The maximum atomic E-state index is 3.45. The Morgan fingerprint density at radius 1 is 1.71 bits per heavy atom. The predicted molar refractivity (Wildman–Crippen MR) is 31.0 cm³/mol. The van der Waals surface area contributed by atoms with Crippen LogP contribution in [0.5, 0.6) is 0 Å². The van der Waals surface area contributed by atoms with Crippen LogP contribution in [-0.2, 0) is 0 Å². The first-order valence-corrected chi connectivity index (χ1v) is 2.46. The highest BCUT2D eigenvalue weighted by Crippen LogP contribution is 2.19. The zero-order valence-electron chi connectivity index (χ0n) is 4.22. The van der Waals surface area contributed by atoms with E-state index in [9.17, 15) is 0 Å². The van der Waals surface area contributed by atoms with Gasteiger partial charge in [0.2, 0.25) is 0 Å². The lowest BCUT2D eigenvalue weighted by molar-refractivity contribution is 0.943. The molecule has 0 unspecified atom stereocenters. The minimum Gasteiger partial charge on any atom is -0.133 e. The zero-order valence-corrected chi connectivity index (χ0v) is 4.22. The van der Waals surface area contributed by atoms with Gasteiger partial charge in [0.25, 0.3) is 0 Å². The Bertz CT molecular complexity index is 119. The van der Waals surface area contributed by atoms with Gasteiger partial charge in [0, 0.05) is 0 Å². The van der Waals surface area contributed by atoms with Crippen molar-refractivity contribution in [2.24, 2.45) is 5.92 Å². The molecule has 0 bridgehead atoms. The first-order chi connectivity index (χ1) is 3.43. The van der Waals surface area contributed by atoms with Crippen LogP contribution in [0.1, 0.15) is 6.42 Å². The maximum Gasteiger partial charge on any atom is -0.00125 e.